The van der Waals surface area contributed by atoms with Gasteiger partial charge in [-0.1, -0.05) is 29.8 Å². The average Bonchev–Trinajstić information content (AvgIpc) is 2.79. The van der Waals surface area contributed by atoms with Crippen LogP contribution in [0, 0.1) is 0 Å². The van der Waals surface area contributed by atoms with Gasteiger partial charge in [0.1, 0.15) is 12.7 Å². The van der Waals surface area contributed by atoms with Gasteiger partial charge in [0.25, 0.3) is 0 Å². The number of benzene rings is 1. The van der Waals surface area contributed by atoms with Gasteiger partial charge in [-0.15, -0.1) is 10.2 Å². The molecule has 4 nitrogen and oxygen atoms in total. The van der Waals surface area contributed by atoms with Gasteiger partial charge >= 0.3 is 0 Å². The van der Waals surface area contributed by atoms with Crippen LogP contribution in [0.5, 0.6) is 0 Å². The van der Waals surface area contributed by atoms with E-state index in [0.717, 1.165) is 17.1 Å². The third-order valence-electron chi connectivity index (χ3n) is 2.74. The lowest BCUT2D eigenvalue weighted by molar-refractivity contribution is 0.268. The highest BCUT2D eigenvalue weighted by molar-refractivity contribution is 6.31. The molecule has 1 unspecified atom stereocenters. The number of rotatable bonds is 4. The Labute approximate surface area is 106 Å². The lowest BCUT2D eigenvalue weighted by Gasteiger charge is -2.25. The second-order valence-electron chi connectivity index (χ2n) is 4.16. The quantitative estimate of drug-likeness (QED) is 0.835. The Hall–Kier alpha value is -1.39. The molecule has 0 N–H and O–H groups in total. The Bertz CT molecular complexity index is 467. The highest BCUT2D eigenvalue weighted by Gasteiger charge is 2.17. The van der Waals surface area contributed by atoms with E-state index in [1.807, 2.05) is 36.9 Å². The Kier molecular flexibility index (Phi) is 3.76. The molecule has 0 saturated heterocycles. The smallest absolute Gasteiger partial charge is 0.119 e. The monoisotopic (exact) mass is 250 g/mol. The summed E-state index contributed by atoms with van der Waals surface area (Å²) in [5, 5.41) is 8.42. The highest BCUT2D eigenvalue weighted by atomic mass is 35.5. The van der Waals surface area contributed by atoms with Crippen LogP contribution in [0.2, 0.25) is 5.02 Å². The second kappa shape index (κ2) is 5.29. The topological polar surface area (TPSA) is 34.0 Å². The summed E-state index contributed by atoms with van der Waals surface area (Å²) < 4.78 is 1.95. The van der Waals surface area contributed by atoms with Crippen LogP contribution in [-0.4, -0.2) is 33.8 Å². The molecule has 0 aliphatic carbocycles. The van der Waals surface area contributed by atoms with Gasteiger partial charge in [0, 0.05) is 11.6 Å². The van der Waals surface area contributed by atoms with E-state index in [2.05, 4.69) is 21.2 Å². The fourth-order valence-corrected chi connectivity index (χ4v) is 2.06. The normalized spacial score (nSPS) is 12.9. The van der Waals surface area contributed by atoms with Gasteiger partial charge in [0.2, 0.25) is 0 Å². The molecule has 1 atom stereocenters. The van der Waals surface area contributed by atoms with Crippen molar-refractivity contribution in [2.24, 2.45) is 0 Å². The van der Waals surface area contributed by atoms with Crippen LogP contribution in [-0.2, 0) is 6.54 Å². The molecule has 0 spiro atoms. The maximum atomic E-state index is 6.24. The van der Waals surface area contributed by atoms with Gasteiger partial charge in [-0.3, -0.25) is 0 Å². The van der Waals surface area contributed by atoms with Gasteiger partial charge in [0.05, 0.1) is 6.04 Å². The molecule has 0 aliphatic rings. The zero-order chi connectivity index (χ0) is 12.3. The van der Waals surface area contributed by atoms with Crippen LogP contribution in [0.1, 0.15) is 11.6 Å². The number of hydrogen-bond donors (Lipinski definition) is 0. The Morgan fingerprint density at radius 1 is 1.24 bits per heavy atom. The first-order valence-electron chi connectivity index (χ1n) is 5.41. The summed E-state index contributed by atoms with van der Waals surface area (Å²) >= 11 is 6.24. The molecule has 2 aromatic rings. The molecule has 2 rings (SSSR count). The summed E-state index contributed by atoms with van der Waals surface area (Å²) in [6.07, 6.45) is 3.43. The summed E-state index contributed by atoms with van der Waals surface area (Å²) in [5.74, 6) is 0. The standard InChI is InChI=1S/C12H15ClN4/c1-16(2)12(7-17-8-14-15-9-17)10-5-3-4-6-11(10)13/h3-6,8-9,12H,7H2,1-2H3. The number of aromatic nitrogens is 3. The molecule has 17 heavy (non-hydrogen) atoms. The van der Waals surface area contributed by atoms with Crippen LogP contribution < -0.4 is 0 Å². The van der Waals surface area contributed by atoms with E-state index in [1.165, 1.54) is 0 Å². The van der Waals surface area contributed by atoms with Crippen molar-refractivity contribution in [2.75, 3.05) is 14.1 Å². The zero-order valence-corrected chi connectivity index (χ0v) is 10.7. The van der Waals surface area contributed by atoms with Crippen molar-refractivity contribution < 1.29 is 0 Å². The third-order valence-corrected chi connectivity index (χ3v) is 3.08. The number of halogens is 1. The van der Waals surface area contributed by atoms with E-state index in [4.69, 9.17) is 11.6 Å². The first-order chi connectivity index (χ1) is 8.18. The van der Waals surface area contributed by atoms with E-state index in [-0.39, 0.29) is 6.04 Å². The molecule has 0 aliphatic heterocycles. The molecule has 1 aromatic heterocycles. The van der Waals surface area contributed by atoms with Gasteiger partial charge in [-0.2, -0.15) is 0 Å². The molecular weight excluding hydrogens is 236 g/mol. The van der Waals surface area contributed by atoms with Crippen LogP contribution in [0.25, 0.3) is 0 Å². The fraction of sp³-hybridized carbons (Fsp3) is 0.333. The lowest BCUT2D eigenvalue weighted by atomic mass is 10.1. The molecule has 0 fully saturated rings. The maximum absolute atomic E-state index is 6.24. The Balaban J connectivity index is 2.27. The first-order valence-corrected chi connectivity index (χ1v) is 5.79. The Morgan fingerprint density at radius 2 is 1.88 bits per heavy atom. The summed E-state index contributed by atoms with van der Waals surface area (Å²) in [6, 6.07) is 8.12. The number of hydrogen-bond acceptors (Lipinski definition) is 3. The molecular formula is C12H15ClN4. The predicted octanol–water partition coefficient (Wildman–Crippen LogP) is 2.23. The summed E-state index contributed by atoms with van der Waals surface area (Å²) in [7, 11) is 4.08. The van der Waals surface area contributed by atoms with Crippen molar-refractivity contribution in [1.82, 2.24) is 19.7 Å². The number of nitrogens with zero attached hydrogens (tertiary/aromatic N) is 4. The highest BCUT2D eigenvalue weighted by Crippen LogP contribution is 2.27. The van der Waals surface area contributed by atoms with Crippen molar-refractivity contribution in [1.29, 1.82) is 0 Å². The average molecular weight is 251 g/mol. The van der Waals surface area contributed by atoms with Gasteiger partial charge < -0.3 is 9.47 Å². The van der Waals surface area contributed by atoms with Crippen molar-refractivity contribution in [3.05, 3.63) is 47.5 Å². The molecule has 90 valence electrons. The summed E-state index contributed by atoms with van der Waals surface area (Å²) in [4.78, 5) is 2.14. The van der Waals surface area contributed by atoms with Crippen molar-refractivity contribution >= 4 is 11.6 Å². The van der Waals surface area contributed by atoms with E-state index >= 15 is 0 Å². The van der Waals surface area contributed by atoms with E-state index < -0.39 is 0 Å². The van der Waals surface area contributed by atoms with E-state index in [9.17, 15) is 0 Å². The Morgan fingerprint density at radius 3 is 2.47 bits per heavy atom. The third kappa shape index (κ3) is 2.84. The molecule has 0 saturated carbocycles. The van der Waals surface area contributed by atoms with Crippen LogP contribution in [0.3, 0.4) is 0 Å². The van der Waals surface area contributed by atoms with Crippen molar-refractivity contribution in [2.45, 2.75) is 12.6 Å². The number of likely N-dealkylation sites (N-methyl/N-ethyl adjacent to an activating group) is 1. The molecule has 5 heteroatoms. The van der Waals surface area contributed by atoms with E-state index in [1.54, 1.807) is 12.7 Å². The minimum atomic E-state index is 0.208. The van der Waals surface area contributed by atoms with Crippen LogP contribution in [0.4, 0.5) is 0 Å². The molecule has 1 heterocycles. The minimum absolute atomic E-state index is 0.208. The maximum Gasteiger partial charge on any atom is 0.119 e. The molecule has 0 radical (unpaired) electrons. The van der Waals surface area contributed by atoms with Crippen molar-refractivity contribution in [3.8, 4) is 0 Å². The van der Waals surface area contributed by atoms with Gasteiger partial charge in [-0.25, -0.2) is 0 Å². The largest absolute Gasteiger partial charge is 0.318 e. The second-order valence-corrected chi connectivity index (χ2v) is 4.57. The summed E-state index contributed by atoms with van der Waals surface area (Å²) in [5.41, 5.74) is 1.12. The SMILES string of the molecule is CN(C)C(Cn1cnnc1)c1ccccc1Cl. The van der Waals surface area contributed by atoms with Crippen LogP contribution >= 0.6 is 11.6 Å². The lowest BCUT2D eigenvalue weighted by Crippen LogP contribution is -2.24. The van der Waals surface area contributed by atoms with Crippen molar-refractivity contribution in [3.63, 3.8) is 0 Å². The first kappa shape index (κ1) is 12.1. The van der Waals surface area contributed by atoms with Gasteiger partial charge in [0.15, 0.2) is 0 Å². The zero-order valence-electron chi connectivity index (χ0n) is 9.92. The minimum Gasteiger partial charge on any atom is -0.318 e. The molecule has 1 aromatic carbocycles. The van der Waals surface area contributed by atoms with Gasteiger partial charge in [-0.05, 0) is 25.7 Å². The van der Waals surface area contributed by atoms with Crippen LogP contribution in [0.15, 0.2) is 36.9 Å². The predicted molar refractivity (Wildman–Crippen MR) is 67.9 cm³/mol. The molecule has 0 amide bonds. The van der Waals surface area contributed by atoms with E-state index in [0.29, 0.717) is 0 Å². The molecule has 0 bridgehead atoms. The summed E-state index contributed by atoms with van der Waals surface area (Å²) in [6.45, 7) is 0.781. The fourth-order valence-electron chi connectivity index (χ4n) is 1.80.